The highest BCUT2D eigenvalue weighted by Gasteiger charge is 2.25. The third-order valence-electron chi connectivity index (χ3n) is 11.0. The predicted octanol–water partition coefficient (Wildman–Crippen LogP) is 15.0. The van der Waals surface area contributed by atoms with E-state index < -0.39 is 0 Å². The molecule has 0 N–H and O–H groups in total. The maximum Gasteiger partial charge on any atom is 0.137 e. The number of fused-ring (bicyclic) bond motifs is 6. The van der Waals surface area contributed by atoms with Gasteiger partial charge in [0, 0.05) is 50.5 Å². The van der Waals surface area contributed by atoms with E-state index in [1.165, 1.54) is 43.3 Å². The second-order valence-corrected chi connectivity index (χ2v) is 14.1. The highest BCUT2D eigenvalue weighted by atomic mass is 16.5. The number of anilines is 6. The van der Waals surface area contributed by atoms with Crippen molar-refractivity contribution < 1.29 is 4.74 Å². The Morgan fingerprint density at radius 1 is 0.291 bits per heavy atom. The zero-order chi connectivity index (χ0) is 36.3. The first kappa shape index (κ1) is 31.2. The molecular weight excluding hydrogens is 669 g/mol. The van der Waals surface area contributed by atoms with Gasteiger partial charge in [-0.15, -0.1) is 0 Å². The molecule has 1 aliphatic heterocycles. The van der Waals surface area contributed by atoms with Crippen LogP contribution in [0.25, 0.3) is 54.2 Å². The van der Waals surface area contributed by atoms with Crippen LogP contribution in [0.5, 0.6) is 11.5 Å². The second kappa shape index (κ2) is 12.6. The third-order valence-corrected chi connectivity index (χ3v) is 11.0. The zero-order valence-corrected chi connectivity index (χ0v) is 29.9. The van der Waals surface area contributed by atoms with Crippen LogP contribution in [0.1, 0.15) is 0 Å². The van der Waals surface area contributed by atoms with E-state index in [4.69, 9.17) is 4.74 Å². The zero-order valence-electron chi connectivity index (χ0n) is 29.9. The summed E-state index contributed by atoms with van der Waals surface area (Å²) in [6.45, 7) is 0. The van der Waals surface area contributed by atoms with E-state index in [1.54, 1.807) is 0 Å². The average Bonchev–Trinajstić information content (AvgIpc) is 3.25. The number of hydrogen-bond acceptors (Lipinski definition) is 3. The molecule has 55 heavy (non-hydrogen) atoms. The molecule has 3 heteroatoms. The summed E-state index contributed by atoms with van der Waals surface area (Å²) >= 11 is 0. The van der Waals surface area contributed by atoms with Gasteiger partial charge in [0.2, 0.25) is 0 Å². The van der Waals surface area contributed by atoms with Gasteiger partial charge in [0.15, 0.2) is 0 Å². The first-order valence-corrected chi connectivity index (χ1v) is 18.8. The van der Waals surface area contributed by atoms with Crippen LogP contribution in [-0.2, 0) is 0 Å². The van der Waals surface area contributed by atoms with Gasteiger partial charge in [-0.2, -0.15) is 0 Å². The van der Waals surface area contributed by atoms with Crippen LogP contribution in [0.15, 0.2) is 206 Å². The summed E-state index contributed by atoms with van der Waals surface area (Å²) in [5.41, 5.74) is 8.89. The lowest BCUT2D eigenvalue weighted by Crippen LogP contribution is -2.11. The number of hydrogen-bond donors (Lipinski definition) is 0. The van der Waals surface area contributed by atoms with E-state index in [2.05, 4.69) is 216 Å². The first-order chi connectivity index (χ1) is 27.3. The monoisotopic (exact) mass is 702 g/mol. The molecule has 0 aliphatic carbocycles. The van der Waals surface area contributed by atoms with Crippen molar-refractivity contribution in [2.45, 2.75) is 0 Å². The van der Waals surface area contributed by atoms with Crippen LogP contribution in [0.2, 0.25) is 0 Å². The van der Waals surface area contributed by atoms with Crippen LogP contribution in [-0.4, -0.2) is 0 Å². The van der Waals surface area contributed by atoms with Gasteiger partial charge < -0.3 is 14.5 Å². The molecular formula is C52H34N2O. The summed E-state index contributed by atoms with van der Waals surface area (Å²) < 4.78 is 6.88. The Labute approximate surface area is 319 Å². The van der Waals surface area contributed by atoms with Crippen LogP contribution >= 0.6 is 0 Å². The minimum absolute atomic E-state index is 0.848. The standard InChI is InChI=1S/C52H34N2O/c1-3-18-38(19-4-1)53(48-25-11-16-35-14-7-9-22-42(35)48)40-29-28-37-32-47-44-31-30-41(34-51(44)55-50-27-13-24-45(52(47)50)46(37)33-40)54(39-20-5-2-6-21-39)49-26-12-17-36-15-8-10-23-43(36)49/h1-34H. The lowest BCUT2D eigenvalue weighted by atomic mass is 9.90. The number of nitrogens with zero attached hydrogens (tertiary/aromatic N) is 2. The Bertz CT molecular complexity index is 3070. The smallest absolute Gasteiger partial charge is 0.137 e. The largest absolute Gasteiger partial charge is 0.456 e. The molecule has 3 nitrogen and oxygen atoms in total. The molecule has 1 aliphatic rings. The normalized spacial score (nSPS) is 11.8. The molecule has 0 unspecified atom stereocenters. The quantitative estimate of drug-likeness (QED) is 0.160. The molecule has 0 fully saturated rings. The van der Waals surface area contributed by atoms with E-state index >= 15 is 0 Å². The number of para-hydroxylation sites is 2. The Hall–Kier alpha value is -7.36. The van der Waals surface area contributed by atoms with E-state index in [1.807, 2.05) is 0 Å². The van der Waals surface area contributed by atoms with Crippen molar-refractivity contribution in [2.24, 2.45) is 0 Å². The van der Waals surface area contributed by atoms with Crippen LogP contribution < -0.4 is 14.5 Å². The number of ether oxygens (including phenoxy) is 1. The molecule has 0 amide bonds. The highest BCUT2D eigenvalue weighted by molar-refractivity contribution is 6.18. The molecule has 0 saturated heterocycles. The predicted molar refractivity (Wildman–Crippen MR) is 231 cm³/mol. The van der Waals surface area contributed by atoms with Gasteiger partial charge in [-0.1, -0.05) is 127 Å². The molecule has 10 aromatic carbocycles. The molecule has 10 aromatic rings. The molecule has 0 bridgehead atoms. The third kappa shape index (κ3) is 5.13. The molecule has 0 spiro atoms. The molecule has 11 rings (SSSR count). The summed E-state index contributed by atoms with van der Waals surface area (Å²) in [6.07, 6.45) is 0. The first-order valence-electron chi connectivity index (χ1n) is 18.8. The Morgan fingerprint density at radius 3 is 1.47 bits per heavy atom. The van der Waals surface area contributed by atoms with Gasteiger partial charge in [0.25, 0.3) is 0 Å². The fourth-order valence-corrected chi connectivity index (χ4v) is 8.49. The maximum atomic E-state index is 6.88. The van der Waals surface area contributed by atoms with Crippen molar-refractivity contribution in [3.05, 3.63) is 206 Å². The summed E-state index contributed by atoms with van der Waals surface area (Å²) in [5.74, 6) is 1.72. The molecule has 0 saturated carbocycles. The second-order valence-electron chi connectivity index (χ2n) is 14.1. The molecule has 1 heterocycles. The van der Waals surface area contributed by atoms with Crippen molar-refractivity contribution in [2.75, 3.05) is 9.80 Å². The van der Waals surface area contributed by atoms with Gasteiger partial charge in [0.1, 0.15) is 11.5 Å². The van der Waals surface area contributed by atoms with Gasteiger partial charge in [-0.05, 0) is 105 Å². The summed E-state index contributed by atoms with van der Waals surface area (Å²) in [5, 5.41) is 9.51. The van der Waals surface area contributed by atoms with Crippen molar-refractivity contribution in [3.63, 3.8) is 0 Å². The summed E-state index contributed by atoms with van der Waals surface area (Å²) in [4.78, 5) is 4.71. The summed E-state index contributed by atoms with van der Waals surface area (Å²) in [6, 6.07) is 73.8. The molecule has 0 aromatic heterocycles. The summed E-state index contributed by atoms with van der Waals surface area (Å²) in [7, 11) is 0. The Balaban J connectivity index is 1.07. The van der Waals surface area contributed by atoms with Gasteiger partial charge in [-0.3, -0.25) is 0 Å². The average molecular weight is 703 g/mol. The van der Waals surface area contributed by atoms with Crippen molar-refractivity contribution >= 4 is 77.2 Å². The van der Waals surface area contributed by atoms with E-state index in [0.717, 1.165) is 56.6 Å². The number of rotatable bonds is 6. The van der Waals surface area contributed by atoms with Crippen molar-refractivity contribution in [1.82, 2.24) is 0 Å². The minimum atomic E-state index is 0.848. The van der Waals surface area contributed by atoms with Gasteiger partial charge in [-0.25, -0.2) is 0 Å². The van der Waals surface area contributed by atoms with Crippen molar-refractivity contribution in [3.8, 4) is 22.6 Å². The van der Waals surface area contributed by atoms with Crippen LogP contribution in [0.4, 0.5) is 34.1 Å². The van der Waals surface area contributed by atoms with Crippen molar-refractivity contribution in [1.29, 1.82) is 0 Å². The minimum Gasteiger partial charge on any atom is -0.456 e. The van der Waals surface area contributed by atoms with Crippen LogP contribution in [0.3, 0.4) is 0 Å². The van der Waals surface area contributed by atoms with E-state index in [-0.39, 0.29) is 0 Å². The SMILES string of the molecule is c1ccc(N(c2ccc3c(c2)Oc2cccc4c2c-3cc2ccc(N(c3ccccc3)c3cccc5ccccc35)cc24)c2cccc3ccccc23)cc1. The fraction of sp³-hybridized carbons (Fsp3) is 0. The molecule has 0 atom stereocenters. The highest BCUT2D eigenvalue weighted by Crippen LogP contribution is 2.51. The lowest BCUT2D eigenvalue weighted by Gasteiger charge is -2.29. The van der Waals surface area contributed by atoms with Gasteiger partial charge in [0.05, 0.1) is 11.4 Å². The maximum absolute atomic E-state index is 6.88. The molecule has 0 radical (unpaired) electrons. The topological polar surface area (TPSA) is 15.7 Å². The fourth-order valence-electron chi connectivity index (χ4n) is 8.49. The Morgan fingerprint density at radius 2 is 0.818 bits per heavy atom. The Kier molecular flexibility index (Phi) is 7.17. The van der Waals surface area contributed by atoms with Crippen LogP contribution in [0, 0.1) is 0 Å². The van der Waals surface area contributed by atoms with E-state index in [0.29, 0.717) is 0 Å². The van der Waals surface area contributed by atoms with E-state index in [9.17, 15) is 0 Å². The lowest BCUT2D eigenvalue weighted by molar-refractivity contribution is 0.487. The molecule has 258 valence electrons. The van der Waals surface area contributed by atoms with Gasteiger partial charge >= 0.3 is 0 Å². The number of benzene rings is 10.